The van der Waals surface area contributed by atoms with E-state index in [1.165, 1.54) is 16.1 Å². The topological polar surface area (TPSA) is 40.6 Å². The Labute approximate surface area is 202 Å². The minimum Gasteiger partial charge on any atom is -0.302 e. The number of fused-ring (bicyclic) bond motifs is 1. The van der Waals surface area contributed by atoms with E-state index in [-0.39, 0.29) is 36.4 Å². The maximum atomic E-state index is 13.5. The zero-order valence-electron chi connectivity index (χ0n) is 20.4. The number of thioether (sulfide) groups is 1. The monoisotopic (exact) mass is 508 g/mol. The molecule has 2 unspecified atom stereocenters. The molecule has 190 valence electrons. The summed E-state index contributed by atoms with van der Waals surface area (Å²) in [7, 11) is -3.65. The molecule has 1 aromatic carbocycles. The summed E-state index contributed by atoms with van der Waals surface area (Å²) in [6.45, 7) is 12.6. The fraction of sp³-hybridized carbons (Fsp3) is 0.750. The van der Waals surface area contributed by atoms with Gasteiger partial charge in [0.15, 0.2) is 0 Å². The molecule has 0 saturated heterocycles. The first kappa shape index (κ1) is 28.5. The molecular formula is C24H39F3N2O2S2. The molecule has 0 aliphatic carbocycles. The minimum absolute atomic E-state index is 0.0220. The van der Waals surface area contributed by atoms with Gasteiger partial charge in [-0.1, -0.05) is 52.8 Å². The first-order valence-corrected chi connectivity index (χ1v) is 14.3. The van der Waals surface area contributed by atoms with Crippen LogP contribution in [0.2, 0.25) is 0 Å². The molecule has 0 spiro atoms. The van der Waals surface area contributed by atoms with Gasteiger partial charge in [-0.05, 0) is 36.3 Å². The summed E-state index contributed by atoms with van der Waals surface area (Å²) in [4.78, 5) is 3.24. The van der Waals surface area contributed by atoms with Crippen LogP contribution in [0.25, 0.3) is 0 Å². The van der Waals surface area contributed by atoms with Crippen molar-refractivity contribution in [2.24, 2.45) is 11.8 Å². The van der Waals surface area contributed by atoms with Crippen LogP contribution in [-0.4, -0.2) is 61.1 Å². The predicted octanol–water partition coefficient (Wildman–Crippen LogP) is 6.20. The molecule has 0 aromatic heterocycles. The first-order chi connectivity index (χ1) is 15.3. The van der Waals surface area contributed by atoms with Crippen molar-refractivity contribution >= 4 is 21.8 Å². The molecule has 1 aromatic rings. The number of sulfonamides is 1. The van der Waals surface area contributed by atoms with E-state index in [0.717, 1.165) is 23.5 Å². The van der Waals surface area contributed by atoms with Crippen LogP contribution in [0.3, 0.4) is 0 Å². The molecule has 4 nitrogen and oxygen atoms in total. The zero-order chi connectivity index (χ0) is 24.8. The molecule has 0 amide bonds. The summed E-state index contributed by atoms with van der Waals surface area (Å²) in [6, 6.07) is 7.86. The lowest BCUT2D eigenvalue weighted by Crippen LogP contribution is -2.44. The molecule has 1 heterocycles. The Kier molecular flexibility index (Phi) is 10.6. The molecule has 0 N–H and O–H groups in total. The molecule has 2 rings (SSSR count). The largest absolute Gasteiger partial charge is 0.389 e. The number of nitrogens with zero attached hydrogens (tertiary/aromatic N) is 2. The summed E-state index contributed by atoms with van der Waals surface area (Å²) in [5.41, 5.74) is 1.10. The smallest absolute Gasteiger partial charge is 0.302 e. The third kappa shape index (κ3) is 9.07. The van der Waals surface area contributed by atoms with Crippen LogP contribution in [-0.2, 0) is 10.0 Å². The lowest BCUT2D eigenvalue weighted by atomic mass is 10.0. The predicted molar refractivity (Wildman–Crippen MR) is 131 cm³/mol. The lowest BCUT2D eigenvalue weighted by Gasteiger charge is -2.32. The molecule has 0 bridgehead atoms. The van der Waals surface area contributed by atoms with Gasteiger partial charge in [-0.2, -0.15) is 17.5 Å². The second-order valence-electron chi connectivity index (χ2n) is 9.88. The van der Waals surface area contributed by atoms with Crippen molar-refractivity contribution in [3.8, 4) is 0 Å². The third-order valence-electron chi connectivity index (χ3n) is 5.73. The number of rotatable bonds is 13. The fourth-order valence-electron chi connectivity index (χ4n) is 4.33. The molecule has 1 aliphatic heterocycles. The van der Waals surface area contributed by atoms with Gasteiger partial charge in [0.2, 0.25) is 10.0 Å². The molecule has 9 heteroatoms. The Morgan fingerprint density at radius 1 is 1.00 bits per heavy atom. The average Bonchev–Trinajstić information content (AvgIpc) is 3.01. The molecule has 2 atom stereocenters. The van der Waals surface area contributed by atoms with E-state index in [2.05, 4.69) is 32.6 Å². The molecule has 33 heavy (non-hydrogen) atoms. The summed E-state index contributed by atoms with van der Waals surface area (Å²) >= 11 is 1.51. The van der Waals surface area contributed by atoms with E-state index in [1.807, 2.05) is 31.2 Å². The van der Waals surface area contributed by atoms with Gasteiger partial charge in [-0.15, -0.1) is 11.8 Å². The highest BCUT2D eigenvalue weighted by Gasteiger charge is 2.39. The van der Waals surface area contributed by atoms with Gasteiger partial charge in [0.25, 0.3) is 0 Å². The van der Waals surface area contributed by atoms with Crippen molar-refractivity contribution in [1.82, 2.24) is 9.21 Å². The highest BCUT2D eigenvalue weighted by atomic mass is 32.2. The van der Waals surface area contributed by atoms with Gasteiger partial charge in [0.05, 0.1) is 11.1 Å². The van der Waals surface area contributed by atoms with Crippen molar-refractivity contribution in [2.75, 3.05) is 31.9 Å². The highest BCUT2D eigenvalue weighted by Crippen LogP contribution is 2.47. The van der Waals surface area contributed by atoms with E-state index in [0.29, 0.717) is 18.4 Å². The molecule has 0 fully saturated rings. The SMILES string of the molecule is CC(C)CN(CCS(=O)(=O)N(CCCCC(F)(F)F)C1Sc2ccccc2C1C)CC(C)C. The molecule has 1 aliphatic rings. The van der Waals surface area contributed by atoms with Crippen LogP contribution in [0.4, 0.5) is 13.2 Å². The van der Waals surface area contributed by atoms with Crippen LogP contribution in [0, 0.1) is 11.8 Å². The Balaban J connectivity index is 2.17. The van der Waals surface area contributed by atoms with Crippen LogP contribution < -0.4 is 0 Å². The minimum atomic E-state index is -4.22. The fourth-order valence-corrected chi connectivity index (χ4v) is 7.86. The normalized spacial score (nSPS) is 19.3. The van der Waals surface area contributed by atoms with Gasteiger partial charge in [-0.3, -0.25) is 0 Å². The van der Waals surface area contributed by atoms with Crippen molar-refractivity contribution in [3.63, 3.8) is 0 Å². The Morgan fingerprint density at radius 2 is 1.61 bits per heavy atom. The van der Waals surface area contributed by atoms with Crippen molar-refractivity contribution in [3.05, 3.63) is 29.8 Å². The summed E-state index contributed by atoms with van der Waals surface area (Å²) in [6.07, 6.45) is -4.98. The number of hydrogen-bond donors (Lipinski definition) is 0. The summed E-state index contributed by atoms with van der Waals surface area (Å²) < 4.78 is 66.5. The summed E-state index contributed by atoms with van der Waals surface area (Å²) in [5.74, 6) is 0.798. The van der Waals surface area contributed by atoms with Crippen molar-refractivity contribution < 1.29 is 21.6 Å². The Bertz CT molecular complexity index is 834. The number of benzene rings is 1. The van der Waals surface area contributed by atoms with Gasteiger partial charge in [0.1, 0.15) is 0 Å². The average molecular weight is 509 g/mol. The third-order valence-corrected chi connectivity index (χ3v) is 9.21. The van der Waals surface area contributed by atoms with Gasteiger partial charge < -0.3 is 4.90 Å². The van der Waals surface area contributed by atoms with Crippen LogP contribution in [0.15, 0.2) is 29.2 Å². The second-order valence-corrected chi connectivity index (χ2v) is 13.1. The van der Waals surface area contributed by atoms with E-state index < -0.39 is 22.6 Å². The molecular weight excluding hydrogens is 469 g/mol. The van der Waals surface area contributed by atoms with Crippen molar-refractivity contribution in [2.45, 2.75) is 76.2 Å². The maximum absolute atomic E-state index is 13.5. The molecule has 0 saturated carbocycles. The van der Waals surface area contributed by atoms with Gasteiger partial charge >= 0.3 is 6.18 Å². The second kappa shape index (κ2) is 12.3. The van der Waals surface area contributed by atoms with Crippen LogP contribution in [0.5, 0.6) is 0 Å². The van der Waals surface area contributed by atoms with E-state index in [9.17, 15) is 21.6 Å². The first-order valence-electron chi connectivity index (χ1n) is 11.8. The zero-order valence-corrected chi connectivity index (χ0v) is 22.1. The van der Waals surface area contributed by atoms with Gasteiger partial charge in [0, 0.05) is 43.4 Å². The van der Waals surface area contributed by atoms with E-state index >= 15 is 0 Å². The van der Waals surface area contributed by atoms with E-state index in [4.69, 9.17) is 0 Å². The van der Waals surface area contributed by atoms with E-state index in [1.54, 1.807) is 0 Å². The Hall–Kier alpha value is -0.770. The number of halogens is 3. The number of alkyl halides is 3. The highest BCUT2D eigenvalue weighted by molar-refractivity contribution is 8.01. The van der Waals surface area contributed by atoms with Crippen molar-refractivity contribution in [1.29, 1.82) is 0 Å². The van der Waals surface area contributed by atoms with Crippen LogP contribution >= 0.6 is 11.8 Å². The number of unbranched alkanes of at least 4 members (excludes halogenated alkanes) is 1. The van der Waals surface area contributed by atoms with Crippen LogP contribution in [0.1, 0.15) is 65.4 Å². The lowest BCUT2D eigenvalue weighted by molar-refractivity contribution is -0.135. The maximum Gasteiger partial charge on any atom is 0.389 e. The summed E-state index contributed by atoms with van der Waals surface area (Å²) in [5, 5.41) is -0.332. The quantitative estimate of drug-likeness (QED) is 0.298. The standard InChI is InChI=1S/C24H39F3N2O2S2/c1-18(2)16-28(17-19(3)4)14-15-33(30,31)29(13-9-8-12-24(25,26)27)23-20(5)21-10-6-7-11-22(21)32-23/h6-7,10-11,18-20,23H,8-9,12-17H2,1-5H3. The van der Waals surface area contributed by atoms with Gasteiger partial charge in [-0.25, -0.2) is 8.42 Å². The molecule has 0 radical (unpaired) electrons. The Morgan fingerprint density at radius 3 is 2.15 bits per heavy atom. The number of hydrogen-bond acceptors (Lipinski definition) is 4.